The highest BCUT2D eigenvalue weighted by atomic mass is 32.1. The Kier molecular flexibility index (Phi) is 5.71. The molecule has 0 fully saturated rings. The van der Waals surface area contributed by atoms with E-state index in [0.29, 0.717) is 4.88 Å². The third-order valence-electron chi connectivity index (χ3n) is 3.35. The lowest BCUT2D eigenvalue weighted by Crippen LogP contribution is -2.47. The average Bonchev–Trinajstić information content (AvgIpc) is 2.89. The second-order valence-corrected chi connectivity index (χ2v) is 6.37. The number of carbonyl (C=O) groups is 2. The molecule has 0 saturated carbocycles. The number of likely N-dealkylation sites (N-methyl/N-ethyl adjacent to an activating group) is 1. The van der Waals surface area contributed by atoms with Crippen LogP contribution < -0.4 is 5.32 Å². The second kappa shape index (κ2) is 6.85. The molecular weight excluding hydrogens is 276 g/mol. The van der Waals surface area contributed by atoms with Gasteiger partial charge in [-0.25, -0.2) is 0 Å². The average molecular weight is 298 g/mol. The fraction of sp³-hybridized carbons (Fsp3) is 0.571. The minimum atomic E-state index is -0.952. The van der Waals surface area contributed by atoms with Crippen molar-refractivity contribution < 1.29 is 14.7 Å². The van der Waals surface area contributed by atoms with Crippen LogP contribution >= 0.6 is 11.3 Å². The Bertz CT molecular complexity index is 455. The summed E-state index contributed by atoms with van der Waals surface area (Å²) in [5.74, 6) is -0.419. The third-order valence-corrected chi connectivity index (χ3v) is 4.20. The summed E-state index contributed by atoms with van der Waals surface area (Å²) in [7, 11) is 1.59. The highest BCUT2D eigenvalue weighted by Gasteiger charge is 2.25. The zero-order valence-electron chi connectivity index (χ0n) is 12.3. The number of nitrogens with one attached hydrogen (secondary N) is 1. The minimum Gasteiger partial charge on any atom is -0.388 e. The van der Waals surface area contributed by atoms with E-state index in [1.807, 2.05) is 19.2 Å². The maximum absolute atomic E-state index is 12.0. The lowest BCUT2D eigenvalue weighted by atomic mass is 9.92. The number of aliphatic hydroxyl groups is 1. The predicted octanol–water partition coefficient (Wildman–Crippen LogP) is 1.34. The van der Waals surface area contributed by atoms with Gasteiger partial charge in [0.15, 0.2) is 0 Å². The van der Waals surface area contributed by atoms with Crippen LogP contribution in [0.25, 0.3) is 0 Å². The molecule has 0 saturated heterocycles. The molecule has 0 aliphatic heterocycles. The van der Waals surface area contributed by atoms with Crippen molar-refractivity contribution in [1.82, 2.24) is 10.2 Å². The molecule has 0 aliphatic carbocycles. The molecule has 2 N–H and O–H groups in total. The van der Waals surface area contributed by atoms with Gasteiger partial charge in [0.2, 0.25) is 5.91 Å². The zero-order valence-corrected chi connectivity index (χ0v) is 13.2. The predicted molar refractivity (Wildman–Crippen MR) is 79.8 cm³/mol. The van der Waals surface area contributed by atoms with Gasteiger partial charge >= 0.3 is 0 Å². The number of hydrogen-bond donors (Lipinski definition) is 2. The molecule has 112 valence electrons. The molecule has 6 heteroatoms. The molecule has 1 rings (SSSR count). The van der Waals surface area contributed by atoms with Gasteiger partial charge in [0.1, 0.15) is 0 Å². The van der Waals surface area contributed by atoms with Crippen LogP contribution in [0.5, 0.6) is 0 Å². The van der Waals surface area contributed by atoms with E-state index >= 15 is 0 Å². The van der Waals surface area contributed by atoms with Crippen molar-refractivity contribution in [3.8, 4) is 0 Å². The summed E-state index contributed by atoms with van der Waals surface area (Å²) < 4.78 is 0. The van der Waals surface area contributed by atoms with E-state index in [1.54, 1.807) is 26.1 Å². The molecule has 1 aromatic rings. The first kappa shape index (κ1) is 16.7. The van der Waals surface area contributed by atoms with Gasteiger partial charge in [0.05, 0.1) is 17.0 Å². The van der Waals surface area contributed by atoms with Gasteiger partial charge in [-0.05, 0) is 24.3 Å². The van der Waals surface area contributed by atoms with Crippen LogP contribution in [-0.2, 0) is 4.79 Å². The monoisotopic (exact) mass is 298 g/mol. The van der Waals surface area contributed by atoms with Crippen LogP contribution in [0.2, 0.25) is 0 Å². The maximum Gasteiger partial charge on any atom is 0.264 e. The molecule has 1 atom stereocenters. The summed E-state index contributed by atoms with van der Waals surface area (Å²) in [6, 6.07) is 3.52. The van der Waals surface area contributed by atoms with Crippen LogP contribution in [0.4, 0.5) is 0 Å². The molecule has 5 nitrogen and oxygen atoms in total. The first-order chi connectivity index (χ1) is 9.24. The SMILES string of the molecule is CC(C)C(C)(O)CNC(=O)CN(C)C(=O)c1cccs1. The van der Waals surface area contributed by atoms with Crippen LogP contribution in [0.1, 0.15) is 30.4 Å². The zero-order chi connectivity index (χ0) is 15.3. The molecular formula is C14H22N2O3S. The van der Waals surface area contributed by atoms with Gasteiger partial charge in [-0.2, -0.15) is 0 Å². The third kappa shape index (κ3) is 4.61. The van der Waals surface area contributed by atoms with E-state index in [1.165, 1.54) is 16.2 Å². The highest BCUT2D eigenvalue weighted by Crippen LogP contribution is 2.14. The van der Waals surface area contributed by atoms with Crippen LogP contribution in [-0.4, -0.2) is 47.6 Å². The topological polar surface area (TPSA) is 69.6 Å². The summed E-state index contributed by atoms with van der Waals surface area (Å²) in [6.07, 6.45) is 0. The van der Waals surface area contributed by atoms with Crippen molar-refractivity contribution in [3.05, 3.63) is 22.4 Å². The number of amides is 2. The summed E-state index contributed by atoms with van der Waals surface area (Å²) >= 11 is 1.35. The Balaban J connectivity index is 2.45. The number of carbonyl (C=O) groups excluding carboxylic acids is 2. The lowest BCUT2D eigenvalue weighted by Gasteiger charge is -2.28. The van der Waals surface area contributed by atoms with E-state index in [9.17, 15) is 14.7 Å². The Hall–Kier alpha value is -1.40. The van der Waals surface area contributed by atoms with Crippen molar-refractivity contribution in [2.24, 2.45) is 5.92 Å². The molecule has 0 radical (unpaired) electrons. The van der Waals surface area contributed by atoms with Crippen LogP contribution in [0, 0.1) is 5.92 Å². The number of nitrogens with zero attached hydrogens (tertiary/aromatic N) is 1. The second-order valence-electron chi connectivity index (χ2n) is 5.43. The fourth-order valence-electron chi connectivity index (χ4n) is 1.41. The van der Waals surface area contributed by atoms with E-state index in [-0.39, 0.29) is 30.8 Å². The summed E-state index contributed by atoms with van der Waals surface area (Å²) in [5, 5.41) is 14.5. The molecule has 1 unspecified atom stereocenters. The van der Waals surface area contributed by atoms with E-state index in [0.717, 1.165) is 0 Å². The van der Waals surface area contributed by atoms with Crippen molar-refractivity contribution in [2.45, 2.75) is 26.4 Å². The van der Waals surface area contributed by atoms with E-state index in [2.05, 4.69) is 5.32 Å². The number of hydrogen-bond acceptors (Lipinski definition) is 4. The van der Waals surface area contributed by atoms with E-state index < -0.39 is 5.60 Å². The van der Waals surface area contributed by atoms with Crippen LogP contribution in [0.3, 0.4) is 0 Å². The van der Waals surface area contributed by atoms with Gasteiger partial charge < -0.3 is 15.3 Å². The minimum absolute atomic E-state index is 0.0229. The normalized spacial score (nSPS) is 13.9. The first-order valence-electron chi connectivity index (χ1n) is 6.52. The summed E-state index contributed by atoms with van der Waals surface area (Å²) in [5.41, 5.74) is -0.952. The van der Waals surface area contributed by atoms with Crippen molar-refractivity contribution in [3.63, 3.8) is 0 Å². The van der Waals surface area contributed by atoms with Crippen LogP contribution in [0.15, 0.2) is 17.5 Å². The molecule has 1 aromatic heterocycles. The fourth-order valence-corrected chi connectivity index (χ4v) is 2.13. The van der Waals surface area contributed by atoms with Gasteiger partial charge in [-0.1, -0.05) is 19.9 Å². The van der Waals surface area contributed by atoms with Gasteiger partial charge in [-0.15, -0.1) is 11.3 Å². The smallest absolute Gasteiger partial charge is 0.264 e. The Morgan fingerprint density at radius 3 is 2.65 bits per heavy atom. The molecule has 0 spiro atoms. The largest absolute Gasteiger partial charge is 0.388 e. The Labute approximate surface area is 123 Å². The Morgan fingerprint density at radius 1 is 1.50 bits per heavy atom. The molecule has 20 heavy (non-hydrogen) atoms. The summed E-state index contributed by atoms with van der Waals surface area (Å²) in [4.78, 5) is 25.7. The highest BCUT2D eigenvalue weighted by molar-refractivity contribution is 7.12. The van der Waals surface area contributed by atoms with Crippen molar-refractivity contribution >= 4 is 23.2 Å². The Morgan fingerprint density at radius 2 is 2.15 bits per heavy atom. The number of rotatable bonds is 6. The molecule has 0 aliphatic rings. The molecule has 0 aromatic carbocycles. The van der Waals surface area contributed by atoms with Gasteiger partial charge in [-0.3, -0.25) is 9.59 Å². The first-order valence-corrected chi connectivity index (χ1v) is 7.40. The van der Waals surface area contributed by atoms with Gasteiger partial charge in [0.25, 0.3) is 5.91 Å². The van der Waals surface area contributed by atoms with Crippen molar-refractivity contribution in [2.75, 3.05) is 20.1 Å². The van der Waals surface area contributed by atoms with Gasteiger partial charge in [0, 0.05) is 13.6 Å². The molecule has 1 heterocycles. The quantitative estimate of drug-likeness (QED) is 0.833. The standard InChI is InChI=1S/C14H22N2O3S/c1-10(2)14(3,19)9-15-12(17)8-16(4)13(18)11-6-5-7-20-11/h5-7,10,19H,8-9H2,1-4H3,(H,15,17). The molecule has 0 bridgehead atoms. The number of thiophene rings is 1. The van der Waals surface area contributed by atoms with E-state index in [4.69, 9.17) is 0 Å². The summed E-state index contributed by atoms with van der Waals surface area (Å²) in [6.45, 7) is 5.60. The lowest BCUT2D eigenvalue weighted by molar-refractivity contribution is -0.123. The molecule has 2 amide bonds. The van der Waals surface area contributed by atoms with Crippen molar-refractivity contribution in [1.29, 1.82) is 0 Å². The maximum atomic E-state index is 12.0.